The van der Waals surface area contributed by atoms with E-state index in [9.17, 15) is 9.65 Å². The van der Waals surface area contributed by atoms with Gasteiger partial charge in [-0.25, -0.2) is 13.9 Å². The molecular formula is C27H29FN10O. The zero-order valence-electron chi connectivity index (χ0n) is 22.5. The Balaban J connectivity index is 1.36. The van der Waals surface area contributed by atoms with Crippen molar-refractivity contribution in [3.63, 3.8) is 0 Å². The summed E-state index contributed by atoms with van der Waals surface area (Å²) in [4.78, 5) is 11.4. The minimum absolute atomic E-state index is 0.0912. The highest BCUT2D eigenvalue weighted by molar-refractivity contribution is 5.84. The third kappa shape index (κ3) is 4.34. The van der Waals surface area contributed by atoms with Gasteiger partial charge in [0.15, 0.2) is 23.0 Å². The van der Waals surface area contributed by atoms with E-state index in [2.05, 4.69) is 69.9 Å². The highest BCUT2D eigenvalue weighted by Crippen LogP contribution is 2.35. The van der Waals surface area contributed by atoms with Crippen LogP contribution in [0.5, 0.6) is 11.5 Å². The summed E-state index contributed by atoms with van der Waals surface area (Å²) in [5.41, 5.74) is 2.81. The van der Waals surface area contributed by atoms with E-state index in [1.807, 2.05) is 7.05 Å². The monoisotopic (exact) mass is 528 g/mol. The molecule has 0 bridgehead atoms. The molecule has 1 aliphatic heterocycles. The quantitative estimate of drug-likeness (QED) is 0.354. The molecule has 1 saturated heterocycles. The number of halogens is 1. The molecule has 39 heavy (non-hydrogen) atoms. The van der Waals surface area contributed by atoms with Gasteiger partial charge in [-0.1, -0.05) is 20.8 Å². The number of hydrogen-bond donors (Lipinski definition) is 1. The number of pyridine rings is 2. The standard InChI is InChI=1S/C27H29FN10O/c1-27(2,3)22-10-23(34-38(22)17-8-9-35(4)15-17)32-26-33-25-24(36(26)5)18(11-29)20(12-30-25)39-21-13-31-37-14-16(28)6-7-19(21)37/h6-7,10,12-14,17H,8-9,15H2,1-5H3,(H,30,32,33,34)/t17-/m0/s1. The second-order valence-corrected chi connectivity index (χ2v) is 11.0. The maximum absolute atomic E-state index is 13.6. The first-order valence-electron chi connectivity index (χ1n) is 12.7. The van der Waals surface area contributed by atoms with E-state index in [0.717, 1.165) is 25.2 Å². The summed E-state index contributed by atoms with van der Waals surface area (Å²) in [6.07, 6.45) is 5.24. The Kier molecular flexibility index (Phi) is 5.76. The number of anilines is 2. The topological polar surface area (TPSA) is 114 Å². The molecule has 6 heterocycles. The summed E-state index contributed by atoms with van der Waals surface area (Å²) >= 11 is 0. The van der Waals surface area contributed by atoms with Gasteiger partial charge in [0.1, 0.15) is 28.5 Å². The Labute approximate surface area is 224 Å². The number of nitriles is 1. The zero-order chi connectivity index (χ0) is 27.5. The largest absolute Gasteiger partial charge is 0.450 e. The minimum Gasteiger partial charge on any atom is -0.450 e. The van der Waals surface area contributed by atoms with Gasteiger partial charge in [0, 0.05) is 30.8 Å². The van der Waals surface area contributed by atoms with Crippen LogP contribution in [0.3, 0.4) is 0 Å². The molecule has 1 N–H and O–H groups in total. The summed E-state index contributed by atoms with van der Waals surface area (Å²) in [5, 5.41) is 22.5. The Hall–Kier alpha value is -4.50. The van der Waals surface area contributed by atoms with Gasteiger partial charge < -0.3 is 19.5 Å². The Bertz CT molecular complexity index is 1750. The first-order chi connectivity index (χ1) is 18.6. The molecule has 0 unspecified atom stereocenters. The number of ether oxygens (including phenoxy) is 1. The lowest BCUT2D eigenvalue weighted by molar-refractivity contribution is 0.366. The molecule has 0 saturated carbocycles. The zero-order valence-corrected chi connectivity index (χ0v) is 22.5. The Morgan fingerprint density at radius 2 is 2.00 bits per heavy atom. The van der Waals surface area contributed by atoms with Crippen LogP contribution in [0, 0.1) is 17.1 Å². The molecule has 1 fully saturated rings. The van der Waals surface area contributed by atoms with Gasteiger partial charge in [0.05, 0.1) is 24.6 Å². The fourth-order valence-electron chi connectivity index (χ4n) is 5.10. The minimum atomic E-state index is -0.414. The summed E-state index contributed by atoms with van der Waals surface area (Å²) in [6.45, 7) is 8.55. The molecule has 0 spiro atoms. The highest BCUT2D eigenvalue weighted by atomic mass is 19.1. The second kappa shape index (κ2) is 9.06. The van der Waals surface area contributed by atoms with Crippen LogP contribution < -0.4 is 10.1 Å². The summed E-state index contributed by atoms with van der Waals surface area (Å²) in [6, 6.07) is 7.50. The third-order valence-electron chi connectivity index (χ3n) is 7.10. The lowest BCUT2D eigenvalue weighted by Gasteiger charge is -2.23. The Morgan fingerprint density at radius 3 is 2.72 bits per heavy atom. The van der Waals surface area contributed by atoms with E-state index >= 15 is 0 Å². The molecule has 0 aliphatic carbocycles. The average molecular weight is 529 g/mol. The van der Waals surface area contributed by atoms with E-state index in [-0.39, 0.29) is 16.7 Å². The van der Waals surface area contributed by atoms with Crippen LogP contribution in [0.4, 0.5) is 16.2 Å². The fraction of sp³-hybridized carbons (Fsp3) is 0.370. The van der Waals surface area contributed by atoms with Crippen molar-refractivity contribution in [3.8, 4) is 17.6 Å². The first-order valence-corrected chi connectivity index (χ1v) is 12.7. The van der Waals surface area contributed by atoms with Crippen molar-refractivity contribution >= 4 is 28.4 Å². The van der Waals surface area contributed by atoms with E-state index in [1.54, 1.807) is 10.6 Å². The lowest BCUT2D eigenvalue weighted by Crippen LogP contribution is -2.24. The third-order valence-corrected chi connectivity index (χ3v) is 7.10. The van der Waals surface area contributed by atoms with Crippen LogP contribution in [-0.2, 0) is 12.5 Å². The molecule has 1 aliphatic rings. The van der Waals surface area contributed by atoms with Crippen LogP contribution in [0.2, 0.25) is 0 Å². The second-order valence-electron chi connectivity index (χ2n) is 11.0. The summed E-state index contributed by atoms with van der Waals surface area (Å²) < 4.78 is 24.9. The van der Waals surface area contributed by atoms with Crippen LogP contribution in [0.15, 0.2) is 36.8 Å². The van der Waals surface area contributed by atoms with Crippen LogP contribution in [0.1, 0.15) is 44.5 Å². The predicted molar refractivity (Wildman–Crippen MR) is 144 cm³/mol. The van der Waals surface area contributed by atoms with Crippen molar-refractivity contribution in [1.29, 1.82) is 5.26 Å². The molecule has 12 heteroatoms. The number of imidazole rings is 1. The molecule has 11 nitrogen and oxygen atoms in total. The number of aryl methyl sites for hydroxylation is 1. The van der Waals surface area contributed by atoms with Gasteiger partial charge in [-0.3, -0.25) is 4.68 Å². The maximum atomic E-state index is 13.6. The van der Waals surface area contributed by atoms with Crippen molar-refractivity contribution in [2.24, 2.45) is 7.05 Å². The molecule has 200 valence electrons. The normalized spacial score (nSPS) is 16.3. The number of nitrogens with one attached hydrogen (secondary N) is 1. The number of likely N-dealkylation sites (N-methyl/N-ethyl adjacent to an activating group) is 1. The van der Waals surface area contributed by atoms with Gasteiger partial charge >= 0.3 is 0 Å². The van der Waals surface area contributed by atoms with Crippen molar-refractivity contribution < 1.29 is 9.13 Å². The van der Waals surface area contributed by atoms with Crippen molar-refractivity contribution in [2.75, 3.05) is 25.5 Å². The van der Waals surface area contributed by atoms with E-state index in [0.29, 0.717) is 40.2 Å². The maximum Gasteiger partial charge on any atom is 0.210 e. The van der Waals surface area contributed by atoms with Gasteiger partial charge in [0.2, 0.25) is 5.95 Å². The molecule has 5 aromatic heterocycles. The van der Waals surface area contributed by atoms with Gasteiger partial charge in [-0.15, -0.1) is 0 Å². The molecule has 0 radical (unpaired) electrons. The van der Waals surface area contributed by atoms with Crippen molar-refractivity contribution in [1.82, 2.24) is 38.8 Å². The summed E-state index contributed by atoms with van der Waals surface area (Å²) in [7, 11) is 3.95. The predicted octanol–water partition coefficient (Wildman–Crippen LogP) is 4.53. The smallest absolute Gasteiger partial charge is 0.210 e. The van der Waals surface area contributed by atoms with E-state index < -0.39 is 5.82 Å². The van der Waals surface area contributed by atoms with E-state index in [4.69, 9.17) is 9.84 Å². The molecule has 0 amide bonds. The van der Waals surface area contributed by atoms with Crippen LogP contribution in [-0.4, -0.2) is 59.0 Å². The molecule has 1 atom stereocenters. The van der Waals surface area contributed by atoms with Gasteiger partial charge in [0.25, 0.3) is 0 Å². The highest BCUT2D eigenvalue weighted by Gasteiger charge is 2.29. The van der Waals surface area contributed by atoms with Crippen LogP contribution >= 0.6 is 0 Å². The molecular weight excluding hydrogens is 499 g/mol. The van der Waals surface area contributed by atoms with Gasteiger partial charge in [-0.2, -0.15) is 20.4 Å². The SMILES string of the molecule is CN1CC[C@H](n2nc(Nc3nc4ncc(Oc5cnn6cc(F)ccc56)c(C#N)c4n3C)cc2C(C)(C)C)C1. The van der Waals surface area contributed by atoms with Crippen LogP contribution in [0.25, 0.3) is 16.7 Å². The van der Waals surface area contributed by atoms with Crippen molar-refractivity contribution in [2.45, 2.75) is 38.6 Å². The molecule has 6 rings (SSSR count). The van der Waals surface area contributed by atoms with E-state index in [1.165, 1.54) is 29.2 Å². The molecule has 0 aromatic carbocycles. The first kappa shape index (κ1) is 24.8. The number of rotatable bonds is 5. The Morgan fingerprint density at radius 1 is 1.18 bits per heavy atom. The van der Waals surface area contributed by atoms with Gasteiger partial charge in [-0.05, 0) is 32.1 Å². The average Bonchev–Trinajstić information content (AvgIpc) is 3.66. The summed E-state index contributed by atoms with van der Waals surface area (Å²) in [5.74, 6) is 1.41. The molecule has 5 aromatic rings. The number of likely N-dealkylation sites (tertiary alicyclic amines) is 1. The van der Waals surface area contributed by atoms with Crippen molar-refractivity contribution in [3.05, 3.63) is 53.9 Å². The number of aromatic nitrogens is 7. The fourth-order valence-corrected chi connectivity index (χ4v) is 5.10. The number of hydrogen-bond acceptors (Lipinski definition) is 8. The lowest BCUT2D eigenvalue weighted by atomic mass is 9.91. The number of nitrogens with zero attached hydrogens (tertiary/aromatic N) is 9. The number of fused-ring (bicyclic) bond motifs is 2.